The second-order valence-electron chi connectivity index (χ2n) is 6.53. The molecular formula is C21H24N2O3. The number of benzene rings is 2. The summed E-state index contributed by atoms with van der Waals surface area (Å²) in [4.78, 5) is 37.5. The van der Waals surface area contributed by atoms with Crippen molar-refractivity contribution >= 4 is 29.0 Å². The van der Waals surface area contributed by atoms with Crippen molar-refractivity contribution in [3.8, 4) is 0 Å². The Balaban J connectivity index is 2.23. The molecule has 5 nitrogen and oxygen atoms in total. The van der Waals surface area contributed by atoms with Gasteiger partial charge in [0.05, 0.1) is 0 Å². The van der Waals surface area contributed by atoms with Gasteiger partial charge in [-0.2, -0.15) is 0 Å². The molecule has 2 rings (SSSR count). The molecule has 136 valence electrons. The maximum atomic E-state index is 12.5. The zero-order valence-corrected chi connectivity index (χ0v) is 15.8. The maximum Gasteiger partial charge on any atom is 0.244 e. The monoisotopic (exact) mass is 352 g/mol. The van der Waals surface area contributed by atoms with Crippen LogP contribution in [0.3, 0.4) is 0 Å². The molecule has 0 aliphatic carbocycles. The number of nitrogens with zero attached hydrogens (tertiary/aromatic N) is 1. The number of carbonyl (C=O) groups is 3. The van der Waals surface area contributed by atoms with Crippen LogP contribution in [0.5, 0.6) is 0 Å². The van der Waals surface area contributed by atoms with Crippen LogP contribution in [0.25, 0.3) is 0 Å². The van der Waals surface area contributed by atoms with Crippen LogP contribution in [0, 0.1) is 20.8 Å². The van der Waals surface area contributed by atoms with E-state index in [1.54, 1.807) is 24.3 Å². The van der Waals surface area contributed by atoms with Crippen LogP contribution in [-0.2, 0) is 9.59 Å². The zero-order valence-electron chi connectivity index (χ0n) is 15.8. The molecule has 0 radical (unpaired) electrons. The van der Waals surface area contributed by atoms with E-state index in [2.05, 4.69) is 5.32 Å². The molecule has 0 aromatic heterocycles. The van der Waals surface area contributed by atoms with Gasteiger partial charge in [-0.1, -0.05) is 29.8 Å². The van der Waals surface area contributed by atoms with Gasteiger partial charge in [-0.3, -0.25) is 14.4 Å². The number of aryl methyl sites for hydroxylation is 3. The fourth-order valence-corrected chi connectivity index (χ4v) is 2.98. The molecule has 0 heterocycles. The number of nitrogens with one attached hydrogen (secondary N) is 1. The minimum absolute atomic E-state index is 0.0919. The summed E-state index contributed by atoms with van der Waals surface area (Å²) in [6, 6.07) is 10.7. The molecule has 0 aliphatic heterocycles. The first-order valence-electron chi connectivity index (χ1n) is 8.46. The first-order valence-corrected chi connectivity index (χ1v) is 8.46. The van der Waals surface area contributed by atoms with E-state index in [4.69, 9.17) is 0 Å². The number of anilines is 2. The van der Waals surface area contributed by atoms with E-state index in [9.17, 15) is 14.4 Å². The second kappa shape index (κ2) is 7.95. The molecule has 0 saturated heterocycles. The average Bonchev–Trinajstić information content (AvgIpc) is 2.55. The van der Waals surface area contributed by atoms with Crippen LogP contribution in [0.2, 0.25) is 0 Å². The number of rotatable bonds is 5. The van der Waals surface area contributed by atoms with Crippen LogP contribution < -0.4 is 10.2 Å². The van der Waals surface area contributed by atoms with Crippen LogP contribution in [0.1, 0.15) is 40.9 Å². The zero-order chi connectivity index (χ0) is 19.4. The average molecular weight is 352 g/mol. The highest BCUT2D eigenvalue weighted by Crippen LogP contribution is 2.22. The van der Waals surface area contributed by atoms with Gasteiger partial charge in [-0.25, -0.2) is 0 Å². The first-order chi connectivity index (χ1) is 12.2. The molecule has 0 bridgehead atoms. The van der Waals surface area contributed by atoms with E-state index in [1.165, 1.54) is 18.7 Å². The highest BCUT2D eigenvalue weighted by Gasteiger charge is 2.18. The topological polar surface area (TPSA) is 66.5 Å². The van der Waals surface area contributed by atoms with Crippen molar-refractivity contribution in [1.29, 1.82) is 0 Å². The van der Waals surface area contributed by atoms with E-state index in [1.807, 2.05) is 32.9 Å². The summed E-state index contributed by atoms with van der Waals surface area (Å²) in [5.74, 6) is -0.646. The van der Waals surface area contributed by atoms with Crippen molar-refractivity contribution in [3.05, 3.63) is 58.7 Å². The summed E-state index contributed by atoms with van der Waals surface area (Å²) in [7, 11) is 0. The Bertz CT molecular complexity index is 848. The maximum absolute atomic E-state index is 12.5. The minimum Gasteiger partial charge on any atom is -0.324 e. The van der Waals surface area contributed by atoms with Crippen molar-refractivity contribution in [2.75, 3.05) is 16.8 Å². The lowest BCUT2D eigenvalue weighted by atomic mass is 10.1. The molecule has 2 amide bonds. The number of amides is 2. The molecule has 1 N–H and O–H groups in total. The standard InChI is InChI=1S/C21H24N2O3/c1-13-9-14(2)21(15(3)10-13)22-20(26)12-23(17(5)25)19-8-6-7-18(11-19)16(4)24/h6-11H,12H2,1-5H3,(H,22,26). The molecule has 0 spiro atoms. The molecule has 5 heteroatoms. The summed E-state index contributed by atoms with van der Waals surface area (Å²) < 4.78 is 0. The summed E-state index contributed by atoms with van der Waals surface area (Å²) in [6.07, 6.45) is 0. The number of hydrogen-bond acceptors (Lipinski definition) is 3. The van der Waals surface area contributed by atoms with Gasteiger partial charge in [-0.05, 0) is 51.0 Å². The largest absolute Gasteiger partial charge is 0.324 e. The van der Waals surface area contributed by atoms with Crippen molar-refractivity contribution in [3.63, 3.8) is 0 Å². The van der Waals surface area contributed by atoms with Gasteiger partial charge in [0.25, 0.3) is 0 Å². The lowest BCUT2D eigenvalue weighted by molar-refractivity contribution is -0.120. The van der Waals surface area contributed by atoms with E-state index in [0.29, 0.717) is 11.3 Å². The van der Waals surface area contributed by atoms with Crippen molar-refractivity contribution < 1.29 is 14.4 Å². The van der Waals surface area contributed by atoms with Crippen LogP contribution in [0.15, 0.2) is 36.4 Å². The molecule has 0 saturated carbocycles. The quantitative estimate of drug-likeness (QED) is 0.832. The molecule has 2 aromatic carbocycles. The van der Waals surface area contributed by atoms with Gasteiger partial charge in [0.15, 0.2) is 5.78 Å². The minimum atomic E-state index is -0.288. The third kappa shape index (κ3) is 4.57. The molecule has 0 fully saturated rings. The summed E-state index contributed by atoms with van der Waals surface area (Å²) in [6.45, 7) is 8.63. The Morgan fingerprint density at radius 1 is 0.962 bits per heavy atom. The van der Waals surface area contributed by atoms with E-state index in [0.717, 1.165) is 22.4 Å². The SMILES string of the molecule is CC(=O)c1cccc(N(CC(=O)Nc2c(C)cc(C)cc2C)C(C)=O)c1. The van der Waals surface area contributed by atoms with E-state index < -0.39 is 0 Å². The Kier molecular flexibility index (Phi) is 5.93. The first kappa shape index (κ1) is 19.4. The number of hydrogen-bond donors (Lipinski definition) is 1. The molecule has 26 heavy (non-hydrogen) atoms. The highest BCUT2D eigenvalue weighted by atomic mass is 16.2. The van der Waals surface area contributed by atoms with Crippen molar-refractivity contribution in [2.24, 2.45) is 0 Å². The summed E-state index contributed by atoms with van der Waals surface area (Å²) in [5.41, 5.74) is 4.87. The van der Waals surface area contributed by atoms with Gasteiger partial charge in [0, 0.05) is 23.9 Å². The van der Waals surface area contributed by atoms with Crippen LogP contribution in [0.4, 0.5) is 11.4 Å². The van der Waals surface area contributed by atoms with Crippen molar-refractivity contribution in [2.45, 2.75) is 34.6 Å². The number of ketones is 1. The van der Waals surface area contributed by atoms with Crippen LogP contribution >= 0.6 is 0 Å². The Hall–Kier alpha value is -2.95. The smallest absolute Gasteiger partial charge is 0.244 e. The van der Waals surface area contributed by atoms with Crippen molar-refractivity contribution in [1.82, 2.24) is 0 Å². The van der Waals surface area contributed by atoms with E-state index >= 15 is 0 Å². The Morgan fingerprint density at radius 3 is 2.12 bits per heavy atom. The van der Waals surface area contributed by atoms with Gasteiger partial charge in [0.1, 0.15) is 6.54 Å². The summed E-state index contributed by atoms with van der Waals surface area (Å²) in [5, 5.41) is 2.90. The molecule has 0 unspecified atom stereocenters. The summed E-state index contributed by atoms with van der Waals surface area (Å²) >= 11 is 0. The van der Waals surface area contributed by atoms with Crippen LogP contribution in [-0.4, -0.2) is 24.1 Å². The highest BCUT2D eigenvalue weighted by molar-refractivity contribution is 6.03. The molecule has 2 aromatic rings. The predicted octanol–water partition coefficient (Wildman–Crippen LogP) is 3.81. The number of Topliss-reactive ketones (excluding diaryl/α,β-unsaturated/α-hetero) is 1. The normalized spacial score (nSPS) is 10.3. The fraction of sp³-hybridized carbons (Fsp3) is 0.286. The lowest BCUT2D eigenvalue weighted by Gasteiger charge is -2.22. The van der Waals surface area contributed by atoms with Gasteiger partial charge < -0.3 is 10.2 Å². The van der Waals surface area contributed by atoms with Gasteiger partial charge in [0.2, 0.25) is 11.8 Å². The molecular weight excluding hydrogens is 328 g/mol. The number of carbonyl (C=O) groups excluding carboxylic acids is 3. The Morgan fingerprint density at radius 2 is 1.58 bits per heavy atom. The van der Waals surface area contributed by atoms with Gasteiger partial charge in [-0.15, -0.1) is 0 Å². The van der Waals surface area contributed by atoms with Gasteiger partial charge >= 0.3 is 0 Å². The fourth-order valence-electron chi connectivity index (χ4n) is 2.98. The molecule has 0 atom stereocenters. The van der Waals surface area contributed by atoms with E-state index in [-0.39, 0.29) is 24.1 Å². The lowest BCUT2D eigenvalue weighted by Crippen LogP contribution is -2.37. The Labute approximate surface area is 154 Å². The predicted molar refractivity (Wildman–Crippen MR) is 104 cm³/mol. The molecule has 0 aliphatic rings. The third-order valence-corrected chi connectivity index (χ3v) is 4.19. The third-order valence-electron chi connectivity index (χ3n) is 4.19. The second-order valence-corrected chi connectivity index (χ2v) is 6.53.